The molecular weight excluding hydrogens is 408 g/mol. The lowest BCUT2D eigenvalue weighted by Crippen LogP contribution is -2.49. The Balaban J connectivity index is 1.62. The third kappa shape index (κ3) is 4.32. The van der Waals surface area contributed by atoms with Crippen molar-refractivity contribution in [2.75, 3.05) is 0 Å². The van der Waals surface area contributed by atoms with E-state index in [1.807, 2.05) is 60.7 Å². The minimum Gasteiger partial charge on any atom is -0.460 e. The van der Waals surface area contributed by atoms with E-state index in [0.29, 0.717) is 19.3 Å². The topological polar surface area (TPSA) is 89.9 Å². The molecule has 0 saturated heterocycles. The lowest BCUT2D eigenvalue weighted by atomic mass is 9.68. The molecule has 0 amide bonds. The highest BCUT2D eigenvalue weighted by Crippen LogP contribution is 2.51. The quantitative estimate of drug-likeness (QED) is 0.550. The molecule has 2 aliphatic carbocycles. The summed E-state index contributed by atoms with van der Waals surface area (Å²) >= 11 is 0. The van der Waals surface area contributed by atoms with Gasteiger partial charge in [0.25, 0.3) is 0 Å². The summed E-state index contributed by atoms with van der Waals surface area (Å²) in [6, 6.07) is 18.5. The van der Waals surface area contributed by atoms with Crippen LogP contribution in [-0.2, 0) is 37.1 Å². The number of fused-ring (bicyclic) bond motifs is 1. The van der Waals surface area contributed by atoms with E-state index in [1.54, 1.807) is 0 Å². The maximum Gasteiger partial charge on any atom is 0.324 e. The Labute approximate surface area is 187 Å². The molecule has 0 bridgehead atoms. The smallest absolute Gasteiger partial charge is 0.324 e. The van der Waals surface area contributed by atoms with Gasteiger partial charge in [-0.05, 0) is 42.7 Å². The van der Waals surface area contributed by atoms with Crippen LogP contribution >= 0.6 is 0 Å². The summed E-state index contributed by atoms with van der Waals surface area (Å²) in [5.74, 6) is -2.80. The number of hydrogen-bond donors (Lipinski definition) is 1. The van der Waals surface area contributed by atoms with E-state index in [9.17, 15) is 19.5 Å². The molecule has 0 aromatic heterocycles. The van der Waals surface area contributed by atoms with Crippen molar-refractivity contribution in [1.82, 2.24) is 0 Å². The van der Waals surface area contributed by atoms with Gasteiger partial charge in [-0.15, -0.1) is 0 Å². The third-order valence-electron chi connectivity index (χ3n) is 6.78. The molecule has 0 heterocycles. The van der Waals surface area contributed by atoms with Crippen LogP contribution in [0.3, 0.4) is 0 Å². The number of esters is 2. The van der Waals surface area contributed by atoms with Crippen LogP contribution in [0.2, 0.25) is 0 Å². The van der Waals surface area contributed by atoms with Gasteiger partial charge in [-0.3, -0.25) is 14.4 Å². The molecule has 1 N–H and O–H groups in total. The molecule has 168 valence electrons. The number of aliphatic hydroxyl groups excluding tert-OH is 1. The molecule has 3 atom stereocenters. The van der Waals surface area contributed by atoms with Gasteiger partial charge in [0.1, 0.15) is 19.0 Å². The minimum atomic E-state index is -1.60. The third-order valence-corrected chi connectivity index (χ3v) is 6.78. The zero-order valence-corrected chi connectivity index (χ0v) is 17.9. The predicted octanol–water partition coefficient (Wildman–Crippen LogP) is 3.60. The van der Waals surface area contributed by atoms with Gasteiger partial charge >= 0.3 is 11.9 Å². The highest BCUT2D eigenvalue weighted by Gasteiger charge is 2.62. The molecule has 6 heteroatoms. The van der Waals surface area contributed by atoms with Crippen LogP contribution in [-0.4, -0.2) is 28.9 Å². The maximum atomic E-state index is 13.5. The Morgan fingerprint density at radius 3 is 1.94 bits per heavy atom. The molecule has 0 spiro atoms. The van der Waals surface area contributed by atoms with Crippen LogP contribution in [0, 0.1) is 17.3 Å². The van der Waals surface area contributed by atoms with Gasteiger partial charge in [-0.25, -0.2) is 0 Å². The van der Waals surface area contributed by atoms with Gasteiger partial charge in [0.05, 0.1) is 6.10 Å². The van der Waals surface area contributed by atoms with Gasteiger partial charge in [0.15, 0.2) is 5.41 Å². The molecule has 6 nitrogen and oxygen atoms in total. The number of ether oxygens (including phenoxy) is 2. The molecular formula is C26H28O6. The van der Waals surface area contributed by atoms with Crippen LogP contribution in [0.15, 0.2) is 60.7 Å². The lowest BCUT2D eigenvalue weighted by Gasteiger charge is -2.35. The van der Waals surface area contributed by atoms with Crippen LogP contribution in [0.4, 0.5) is 0 Å². The fourth-order valence-electron chi connectivity index (χ4n) is 5.15. The van der Waals surface area contributed by atoms with E-state index in [0.717, 1.165) is 11.1 Å². The first-order valence-electron chi connectivity index (χ1n) is 11.2. The van der Waals surface area contributed by atoms with Crippen molar-refractivity contribution in [3.8, 4) is 0 Å². The summed E-state index contributed by atoms with van der Waals surface area (Å²) in [7, 11) is 0. The molecule has 4 rings (SSSR count). The van der Waals surface area contributed by atoms with Crippen molar-refractivity contribution in [1.29, 1.82) is 0 Å². The average molecular weight is 437 g/mol. The summed E-state index contributed by atoms with van der Waals surface area (Å²) in [4.78, 5) is 39.7. The van der Waals surface area contributed by atoms with Gasteiger partial charge in [-0.1, -0.05) is 60.7 Å². The van der Waals surface area contributed by atoms with Crippen LogP contribution in [0.5, 0.6) is 0 Å². The molecule has 0 radical (unpaired) electrons. The zero-order chi connectivity index (χ0) is 22.6. The van der Waals surface area contributed by atoms with Gasteiger partial charge in [0, 0.05) is 12.3 Å². The first kappa shape index (κ1) is 22.2. The normalized spacial score (nSPS) is 24.3. The Morgan fingerprint density at radius 2 is 1.41 bits per heavy atom. The largest absolute Gasteiger partial charge is 0.460 e. The summed E-state index contributed by atoms with van der Waals surface area (Å²) in [5.41, 5.74) is 0.0143. The van der Waals surface area contributed by atoms with E-state index in [2.05, 4.69) is 0 Å². The first-order chi connectivity index (χ1) is 15.5. The zero-order valence-electron chi connectivity index (χ0n) is 17.9. The summed E-state index contributed by atoms with van der Waals surface area (Å²) in [6.45, 7) is 0.0581. The molecule has 2 fully saturated rings. The van der Waals surface area contributed by atoms with E-state index in [4.69, 9.17) is 9.47 Å². The average Bonchev–Trinajstić information content (AvgIpc) is 3.14. The fourth-order valence-corrected chi connectivity index (χ4v) is 5.15. The predicted molar refractivity (Wildman–Crippen MR) is 116 cm³/mol. The molecule has 0 aliphatic heterocycles. The second-order valence-electron chi connectivity index (χ2n) is 8.69. The summed E-state index contributed by atoms with van der Waals surface area (Å²) in [5, 5.41) is 10.6. The lowest BCUT2D eigenvalue weighted by molar-refractivity contribution is -0.181. The number of Topliss-reactive ketones (excluding diaryl/α,β-unsaturated/α-hetero) is 1. The second kappa shape index (κ2) is 9.65. The van der Waals surface area contributed by atoms with Crippen molar-refractivity contribution in [2.45, 2.75) is 51.4 Å². The standard InChI is InChI=1S/C26H28O6/c27-21-12-7-15-26(20-13-14-22(28)23(20)21,24(29)31-16-18-8-3-1-4-9-18)25(30)32-17-19-10-5-2-6-11-19/h1-6,8-11,20-21,23,27H,7,12-17H2/t20-,21?,23?/m0/s1. The second-order valence-corrected chi connectivity index (χ2v) is 8.69. The maximum absolute atomic E-state index is 13.5. The fraction of sp³-hybridized carbons (Fsp3) is 0.423. The van der Waals surface area contributed by atoms with Crippen molar-refractivity contribution in [2.24, 2.45) is 17.3 Å². The van der Waals surface area contributed by atoms with Gasteiger partial charge in [0.2, 0.25) is 0 Å². The highest BCUT2D eigenvalue weighted by atomic mass is 16.6. The van der Waals surface area contributed by atoms with Crippen molar-refractivity contribution in [3.05, 3.63) is 71.8 Å². The van der Waals surface area contributed by atoms with Crippen LogP contribution in [0.25, 0.3) is 0 Å². The van der Waals surface area contributed by atoms with E-state index >= 15 is 0 Å². The molecule has 2 aliphatic rings. The number of carbonyl (C=O) groups excluding carboxylic acids is 3. The van der Waals surface area contributed by atoms with E-state index in [1.165, 1.54) is 0 Å². The van der Waals surface area contributed by atoms with Crippen molar-refractivity contribution >= 4 is 17.7 Å². The molecule has 2 unspecified atom stereocenters. The Kier molecular flexibility index (Phi) is 6.70. The van der Waals surface area contributed by atoms with E-state index < -0.39 is 35.3 Å². The molecule has 2 aromatic rings. The van der Waals surface area contributed by atoms with Crippen molar-refractivity contribution in [3.63, 3.8) is 0 Å². The number of carbonyl (C=O) groups is 3. The molecule has 2 aromatic carbocycles. The SMILES string of the molecule is O=C1CC[C@H]2C1C(O)CCCC2(C(=O)OCc1ccccc1)C(=O)OCc1ccccc1. The number of rotatable bonds is 6. The van der Waals surface area contributed by atoms with Gasteiger partial charge < -0.3 is 14.6 Å². The minimum absolute atomic E-state index is 0.0290. The van der Waals surface area contributed by atoms with Crippen LogP contribution in [0.1, 0.15) is 43.2 Å². The molecule has 32 heavy (non-hydrogen) atoms. The monoisotopic (exact) mass is 436 g/mol. The highest BCUT2D eigenvalue weighted by molar-refractivity contribution is 6.02. The Bertz CT molecular complexity index is 899. The number of hydrogen-bond acceptors (Lipinski definition) is 6. The number of benzene rings is 2. The van der Waals surface area contributed by atoms with Crippen LogP contribution < -0.4 is 0 Å². The number of ketones is 1. The molecule has 2 saturated carbocycles. The number of aliphatic hydroxyl groups is 1. The first-order valence-corrected chi connectivity index (χ1v) is 11.2. The summed E-state index contributed by atoms with van der Waals surface area (Å²) in [6.07, 6.45) is 0.739. The van der Waals surface area contributed by atoms with E-state index in [-0.39, 0.29) is 31.8 Å². The van der Waals surface area contributed by atoms with Crippen molar-refractivity contribution < 1.29 is 29.0 Å². The Hall–Kier alpha value is -2.99. The Morgan fingerprint density at radius 1 is 0.875 bits per heavy atom. The summed E-state index contributed by atoms with van der Waals surface area (Å²) < 4.78 is 11.3. The van der Waals surface area contributed by atoms with Gasteiger partial charge in [-0.2, -0.15) is 0 Å².